The molecule has 138 valence electrons. The highest BCUT2D eigenvalue weighted by molar-refractivity contribution is 6.34. The number of pyridine rings is 1. The molecule has 28 heavy (non-hydrogen) atoms. The van der Waals surface area contributed by atoms with Crippen LogP contribution in [0, 0.1) is 0 Å². The number of carbonyl (C=O) groups excluding carboxylic acids is 2. The van der Waals surface area contributed by atoms with E-state index in [0.717, 1.165) is 0 Å². The van der Waals surface area contributed by atoms with E-state index in [1.165, 1.54) is 0 Å². The van der Waals surface area contributed by atoms with Crippen molar-refractivity contribution in [3.63, 3.8) is 0 Å². The van der Waals surface area contributed by atoms with Crippen LogP contribution in [0.3, 0.4) is 0 Å². The van der Waals surface area contributed by atoms with E-state index in [2.05, 4.69) is 15.6 Å². The summed E-state index contributed by atoms with van der Waals surface area (Å²) in [5.74, 6) is -0.747. The van der Waals surface area contributed by atoms with Crippen molar-refractivity contribution in [3.05, 3.63) is 95.5 Å². The summed E-state index contributed by atoms with van der Waals surface area (Å²) >= 11 is 6.12. The third-order valence-electron chi connectivity index (χ3n) is 4.12. The standard InChI is InChI=1S/C21H15ClN4O2/c22-15-10-4-5-11-16(15)24-20(27)18-17-12-6-7-13-26(17)19(25-18)21(28)23-14-8-2-1-3-9-14/h1-13H,(H,23,28)(H,24,27). The van der Waals surface area contributed by atoms with E-state index in [1.54, 1.807) is 65.2 Å². The van der Waals surface area contributed by atoms with Crippen LogP contribution in [-0.2, 0) is 0 Å². The topological polar surface area (TPSA) is 75.5 Å². The zero-order valence-corrected chi connectivity index (χ0v) is 15.4. The Morgan fingerprint density at radius 2 is 1.54 bits per heavy atom. The normalized spacial score (nSPS) is 10.6. The van der Waals surface area contributed by atoms with Crippen LogP contribution in [0.25, 0.3) is 5.52 Å². The summed E-state index contributed by atoms with van der Waals surface area (Å²) in [6, 6.07) is 21.3. The first-order valence-electron chi connectivity index (χ1n) is 8.53. The third kappa shape index (κ3) is 3.45. The maximum atomic E-state index is 12.8. The minimum absolute atomic E-state index is 0.115. The van der Waals surface area contributed by atoms with Crippen LogP contribution in [0.4, 0.5) is 11.4 Å². The molecule has 0 aliphatic carbocycles. The Morgan fingerprint density at radius 3 is 2.32 bits per heavy atom. The molecule has 0 saturated carbocycles. The molecular formula is C21H15ClN4O2. The lowest BCUT2D eigenvalue weighted by Crippen LogP contribution is -2.16. The molecule has 0 saturated heterocycles. The van der Waals surface area contributed by atoms with Crippen molar-refractivity contribution in [2.75, 3.05) is 10.6 Å². The van der Waals surface area contributed by atoms with Gasteiger partial charge in [0.25, 0.3) is 11.8 Å². The van der Waals surface area contributed by atoms with Gasteiger partial charge in [-0.15, -0.1) is 0 Å². The number of anilines is 2. The molecule has 2 heterocycles. The molecule has 4 rings (SSSR count). The molecule has 0 atom stereocenters. The highest BCUT2D eigenvalue weighted by Gasteiger charge is 2.22. The molecule has 0 aliphatic heterocycles. The highest BCUT2D eigenvalue weighted by atomic mass is 35.5. The summed E-state index contributed by atoms with van der Waals surface area (Å²) in [6.07, 6.45) is 1.69. The predicted molar refractivity (Wildman–Crippen MR) is 109 cm³/mol. The van der Waals surface area contributed by atoms with E-state index in [0.29, 0.717) is 21.9 Å². The summed E-state index contributed by atoms with van der Waals surface area (Å²) in [6.45, 7) is 0. The minimum Gasteiger partial charge on any atom is -0.319 e. The van der Waals surface area contributed by atoms with Crippen LogP contribution in [-0.4, -0.2) is 21.2 Å². The van der Waals surface area contributed by atoms with E-state index in [4.69, 9.17) is 11.6 Å². The molecule has 0 radical (unpaired) electrons. The first-order chi connectivity index (χ1) is 13.6. The smallest absolute Gasteiger partial charge is 0.292 e. The molecule has 0 fully saturated rings. The average molecular weight is 391 g/mol. The zero-order valence-electron chi connectivity index (χ0n) is 14.6. The Morgan fingerprint density at radius 1 is 0.821 bits per heavy atom. The molecule has 2 aromatic heterocycles. The van der Waals surface area contributed by atoms with Gasteiger partial charge in [-0.1, -0.05) is 48.0 Å². The summed E-state index contributed by atoms with van der Waals surface area (Å²) in [7, 11) is 0. The van der Waals surface area contributed by atoms with Gasteiger partial charge >= 0.3 is 0 Å². The highest BCUT2D eigenvalue weighted by Crippen LogP contribution is 2.22. The SMILES string of the molecule is O=C(Nc1ccccc1Cl)c1nc(C(=O)Nc2ccccc2)n2ccccc12. The number of hydrogen-bond acceptors (Lipinski definition) is 3. The van der Waals surface area contributed by atoms with E-state index in [9.17, 15) is 9.59 Å². The van der Waals surface area contributed by atoms with Gasteiger partial charge in [0, 0.05) is 11.9 Å². The number of aromatic nitrogens is 2. The minimum atomic E-state index is -0.449. The lowest BCUT2D eigenvalue weighted by Gasteiger charge is -2.05. The van der Waals surface area contributed by atoms with Crippen LogP contribution in [0.1, 0.15) is 21.1 Å². The fraction of sp³-hybridized carbons (Fsp3) is 0. The van der Waals surface area contributed by atoms with Crippen LogP contribution in [0.5, 0.6) is 0 Å². The second-order valence-electron chi connectivity index (χ2n) is 5.99. The van der Waals surface area contributed by atoms with Gasteiger partial charge in [0.15, 0.2) is 5.69 Å². The largest absolute Gasteiger partial charge is 0.319 e. The van der Waals surface area contributed by atoms with Gasteiger partial charge in [0.2, 0.25) is 5.82 Å². The number of rotatable bonds is 4. The second kappa shape index (κ2) is 7.54. The maximum absolute atomic E-state index is 12.8. The number of nitrogens with zero attached hydrogens (tertiary/aromatic N) is 2. The Labute approximate surface area is 165 Å². The molecule has 2 N–H and O–H groups in total. The molecule has 0 unspecified atom stereocenters. The Bertz CT molecular complexity index is 1170. The summed E-state index contributed by atoms with van der Waals surface area (Å²) in [5, 5.41) is 5.95. The van der Waals surface area contributed by atoms with E-state index in [-0.39, 0.29) is 11.5 Å². The summed E-state index contributed by atoms with van der Waals surface area (Å²) in [5.41, 5.74) is 1.77. The van der Waals surface area contributed by atoms with Crippen LogP contribution in [0.15, 0.2) is 79.0 Å². The predicted octanol–water partition coefficient (Wildman–Crippen LogP) is 4.49. The quantitative estimate of drug-likeness (QED) is 0.539. The number of amides is 2. The molecule has 7 heteroatoms. The third-order valence-corrected chi connectivity index (χ3v) is 4.45. The number of para-hydroxylation sites is 2. The van der Waals surface area contributed by atoms with Gasteiger partial charge in [-0.2, -0.15) is 0 Å². The van der Waals surface area contributed by atoms with Crippen molar-refractivity contribution in [3.8, 4) is 0 Å². The van der Waals surface area contributed by atoms with Crippen molar-refractivity contribution >= 4 is 40.3 Å². The number of nitrogens with one attached hydrogen (secondary N) is 2. The number of halogens is 1. The number of imidazole rings is 1. The number of hydrogen-bond donors (Lipinski definition) is 2. The van der Waals surface area contributed by atoms with Crippen molar-refractivity contribution in [2.24, 2.45) is 0 Å². The van der Waals surface area contributed by atoms with Crippen LogP contribution < -0.4 is 10.6 Å². The van der Waals surface area contributed by atoms with Crippen LogP contribution in [0.2, 0.25) is 5.02 Å². The van der Waals surface area contributed by atoms with Crippen molar-refractivity contribution in [1.82, 2.24) is 9.38 Å². The molecule has 2 aromatic carbocycles. The Balaban J connectivity index is 1.69. The Hall–Kier alpha value is -3.64. The van der Waals surface area contributed by atoms with Gasteiger partial charge < -0.3 is 10.6 Å². The van der Waals surface area contributed by atoms with Gasteiger partial charge in [0.1, 0.15) is 0 Å². The molecule has 0 bridgehead atoms. The maximum Gasteiger partial charge on any atom is 0.292 e. The second-order valence-corrected chi connectivity index (χ2v) is 6.40. The van der Waals surface area contributed by atoms with Crippen molar-refractivity contribution < 1.29 is 9.59 Å². The van der Waals surface area contributed by atoms with Crippen molar-refractivity contribution in [1.29, 1.82) is 0 Å². The Kier molecular flexibility index (Phi) is 4.78. The van der Waals surface area contributed by atoms with Gasteiger partial charge in [0.05, 0.1) is 16.2 Å². The van der Waals surface area contributed by atoms with Gasteiger partial charge in [-0.05, 0) is 36.4 Å². The molecule has 6 nitrogen and oxygen atoms in total. The van der Waals surface area contributed by atoms with E-state index >= 15 is 0 Å². The molecule has 2 amide bonds. The lowest BCUT2D eigenvalue weighted by molar-refractivity contribution is 0.101. The summed E-state index contributed by atoms with van der Waals surface area (Å²) in [4.78, 5) is 29.8. The van der Waals surface area contributed by atoms with E-state index in [1.807, 2.05) is 18.2 Å². The zero-order chi connectivity index (χ0) is 19.5. The average Bonchev–Trinajstić information content (AvgIpc) is 3.10. The van der Waals surface area contributed by atoms with E-state index < -0.39 is 11.8 Å². The fourth-order valence-electron chi connectivity index (χ4n) is 2.82. The number of benzene rings is 2. The van der Waals surface area contributed by atoms with Crippen LogP contribution >= 0.6 is 11.6 Å². The summed E-state index contributed by atoms with van der Waals surface area (Å²) < 4.78 is 1.58. The monoisotopic (exact) mass is 390 g/mol. The van der Waals surface area contributed by atoms with Gasteiger partial charge in [-0.3, -0.25) is 14.0 Å². The van der Waals surface area contributed by atoms with Gasteiger partial charge in [-0.25, -0.2) is 4.98 Å². The first kappa shape index (κ1) is 17.8. The lowest BCUT2D eigenvalue weighted by atomic mass is 10.3. The molecule has 0 aliphatic rings. The number of fused-ring (bicyclic) bond motifs is 1. The molecule has 4 aromatic rings. The molecular weight excluding hydrogens is 376 g/mol. The number of carbonyl (C=O) groups is 2. The molecule has 0 spiro atoms. The first-order valence-corrected chi connectivity index (χ1v) is 8.90. The fourth-order valence-corrected chi connectivity index (χ4v) is 3.00. The van der Waals surface area contributed by atoms with Crippen molar-refractivity contribution in [2.45, 2.75) is 0 Å².